The second-order valence-corrected chi connectivity index (χ2v) is 6.58. The zero-order chi connectivity index (χ0) is 21.5. The van der Waals surface area contributed by atoms with Crippen LogP contribution in [0.25, 0.3) is 0 Å². The number of hydrogen-bond donors (Lipinski definition) is 0. The van der Waals surface area contributed by atoms with Crippen molar-refractivity contribution in [2.24, 2.45) is 5.18 Å². The fraction of sp³-hybridized carbons (Fsp3) is 0. The first kappa shape index (κ1) is 20.6. The van der Waals surface area contributed by atoms with Crippen LogP contribution in [0, 0.1) is 25.1 Å². The maximum Gasteiger partial charge on any atom is 0.530 e. The molecule has 0 aliphatic heterocycles. The van der Waals surface area contributed by atoms with Crippen molar-refractivity contribution in [2.75, 3.05) is 0 Å². The summed E-state index contributed by atoms with van der Waals surface area (Å²) in [5.74, 6) is 0.817. The van der Waals surface area contributed by atoms with Gasteiger partial charge in [-0.15, -0.1) is 4.91 Å². The predicted octanol–water partition coefficient (Wildman–Crippen LogP) is 5.66. The van der Waals surface area contributed by atoms with Crippen molar-refractivity contribution >= 4 is 25.7 Å². The zero-order valence-electron chi connectivity index (χ0n) is 15.0. The largest absolute Gasteiger partial charge is 0.530 e. The van der Waals surface area contributed by atoms with Gasteiger partial charge in [0, 0.05) is 24.3 Å². The van der Waals surface area contributed by atoms with Crippen LogP contribution in [0.3, 0.4) is 0 Å². The molecule has 0 unspecified atom stereocenters. The summed E-state index contributed by atoms with van der Waals surface area (Å²) in [6.45, 7) is 0. The Balaban J connectivity index is 1.79. The molecule has 0 amide bonds. The van der Waals surface area contributed by atoms with Gasteiger partial charge < -0.3 is 13.6 Å². The maximum absolute atomic E-state index is 10.8. The van der Waals surface area contributed by atoms with Gasteiger partial charge in [-0.1, -0.05) is 0 Å². The smallest absolute Gasteiger partial charge is 0.409 e. The molecule has 0 fully saturated rings. The number of nitrogens with zero attached hydrogens (tertiary/aromatic N) is 3. The number of nitroso groups, excluding NO2 is 1. The summed E-state index contributed by atoms with van der Waals surface area (Å²) in [7, 11) is -2.10. The van der Waals surface area contributed by atoms with E-state index in [1.807, 2.05) is 0 Å². The molecule has 0 saturated carbocycles. The Hall–Kier alpha value is -4.11. The molecule has 0 aliphatic rings. The van der Waals surface area contributed by atoms with Gasteiger partial charge in [-0.25, -0.2) is 0 Å². The van der Waals surface area contributed by atoms with Crippen LogP contribution in [-0.2, 0) is 0 Å². The van der Waals surface area contributed by atoms with Crippen molar-refractivity contribution < 1.29 is 23.4 Å². The Kier molecular flexibility index (Phi) is 6.46. The SMILES string of the molecule is O=Nc1ccc(OP(Oc2ccc([N+](=O)[O-])cc2)Oc2ccc([N+](=O)[O-])cc2)cc1. The Morgan fingerprint density at radius 1 is 0.633 bits per heavy atom. The lowest BCUT2D eigenvalue weighted by molar-refractivity contribution is -0.385. The van der Waals surface area contributed by atoms with Crippen molar-refractivity contribution in [3.05, 3.63) is 97.9 Å². The van der Waals surface area contributed by atoms with Gasteiger partial charge in [-0.2, -0.15) is 0 Å². The molecule has 0 saturated heterocycles. The van der Waals surface area contributed by atoms with Crippen LogP contribution in [0.15, 0.2) is 78.0 Å². The van der Waals surface area contributed by atoms with Crippen LogP contribution < -0.4 is 13.6 Å². The van der Waals surface area contributed by atoms with Crippen LogP contribution in [0.5, 0.6) is 17.2 Å². The van der Waals surface area contributed by atoms with Gasteiger partial charge in [0.25, 0.3) is 11.4 Å². The molecule has 0 radical (unpaired) electrons. The van der Waals surface area contributed by atoms with Crippen molar-refractivity contribution in [3.8, 4) is 17.2 Å². The number of nitro groups is 2. The molecule has 0 atom stereocenters. The van der Waals surface area contributed by atoms with Gasteiger partial charge >= 0.3 is 8.60 Å². The van der Waals surface area contributed by atoms with Crippen LogP contribution in [0.4, 0.5) is 17.1 Å². The van der Waals surface area contributed by atoms with Crippen molar-refractivity contribution in [1.82, 2.24) is 0 Å². The molecule has 0 bridgehead atoms. The molecule has 0 aliphatic carbocycles. The molecule has 12 heteroatoms. The van der Waals surface area contributed by atoms with E-state index >= 15 is 0 Å². The number of non-ortho nitro benzene ring substituents is 2. The average molecular weight is 429 g/mol. The third-order valence-corrected chi connectivity index (χ3v) is 4.66. The number of benzene rings is 3. The topological polar surface area (TPSA) is 143 Å². The lowest BCUT2D eigenvalue weighted by Gasteiger charge is -2.17. The zero-order valence-corrected chi connectivity index (χ0v) is 15.9. The molecule has 11 nitrogen and oxygen atoms in total. The molecule has 3 rings (SSSR count). The highest BCUT2D eigenvalue weighted by Gasteiger charge is 2.21. The summed E-state index contributed by atoms with van der Waals surface area (Å²) < 4.78 is 17.0. The van der Waals surface area contributed by atoms with E-state index in [-0.39, 0.29) is 28.6 Å². The first-order valence-corrected chi connectivity index (χ1v) is 9.30. The molecule has 0 heterocycles. The third kappa shape index (κ3) is 5.46. The molecule has 0 spiro atoms. The van der Waals surface area contributed by atoms with E-state index in [1.165, 1.54) is 72.8 Å². The molecule has 3 aromatic carbocycles. The Labute approximate surface area is 170 Å². The lowest BCUT2D eigenvalue weighted by atomic mass is 10.3. The fourth-order valence-corrected chi connectivity index (χ4v) is 3.13. The monoisotopic (exact) mass is 429 g/mol. The highest BCUT2D eigenvalue weighted by Crippen LogP contribution is 2.43. The molecule has 30 heavy (non-hydrogen) atoms. The maximum atomic E-state index is 10.8. The molecular formula is C18H12N3O8P. The highest BCUT2D eigenvalue weighted by atomic mass is 31.2. The van der Waals surface area contributed by atoms with Gasteiger partial charge in [0.15, 0.2) is 0 Å². The molecular weight excluding hydrogens is 417 g/mol. The fourth-order valence-electron chi connectivity index (χ4n) is 2.14. The van der Waals surface area contributed by atoms with Crippen LogP contribution in [0.2, 0.25) is 0 Å². The summed E-state index contributed by atoms with van der Waals surface area (Å²) in [4.78, 5) is 31.0. The Bertz CT molecular complexity index is 983. The minimum atomic E-state index is -2.10. The quantitative estimate of drug-likeness (QED) is 0.183. The van der Waals surface area contributed by atoms with Gasteiger partial charge in [0.2, 0.25) is 0 Å². The molecule has 152 valence electrons. The van der Waals surface area contributed by atoms with Gasteiger partial charge in [-0.05, 0) is 53.7 Å². The molecule has 3 aromatic rings. The second kappa shape index (κ2) is 9.39. The minimum absolute atomic E-state index is 0.110. The Morgan fingerprint density at radius 2 is 0.967 bits per heavy atom. The summed E-state index contributed by atoms with van der Waals surface area (Å²) in [5.41, 5.74) is -0.0130. The van der Waals surface area contributed by atoms with E-state index in [4.69, 9.17) is 13.6 Å². The summed E-state index contributed by atoms with van der Waals surface area (Å²) in [5, 5.41) is 24.4. The first-order valence-electron chi connectivity index (χ1n) is 8.21. The lowest BCUT2D eigenvalue weighted by Crippen LogP contribution is -2.02. The summed E-state index contributed by atoms with van der Waals surface area (Å²) in [6.07, 6.45) is 0. The van der Waals surface area contributed by atoms with Crippen molar-refractivity contribution in [1.29, 1.82) is 0 Å². The van der Waals surface area contributed by atoms with E-state index in [9.17, 15) is 25.1 Å². The highest BCUT2D eigenvalue weighted by molar-refractivity contribution is 7.43. The van der Waals surface area contributed by atoms with Crippen molar-refractivity contribution in [2.45, 2.75) is 0 Å². The van der Waals surface area contributed by atoms with Crippen molar-refractivity contribution in [3.63, 3.8) is 0 Å². The van der Waals surface area contributed by atoms with Gasteiger partial charge in [0.1, 0.15) is 22.9 Å². The third-order valence-electron chi connectivity index (χ3n) is 3.58. The first-order chi connectivity index (χ1) is 14.4. The van der Waals surface area contributed by atoms with Gasteiger partial charge in [0.05, 0.1) is 9.85 Å². The summed E-state index contributed by atoms with van der Waals surface area (Å²) >= 11 is 0. The number of hydrogen-bond acceptors (Lipinski definition) is 9. The predicted molar refractivity (Wildman–Crippen MR) is 107 cm³/mol. The number of nitro benzene ring substituents is 2. The molecule has 0 N–H and O–H groups in total. The van der Waals surface area contributed by atoms with Gasteiger partial charge in [-0.3, -0.25) is 20.2 Å². The normalized spacial score (nSPS) is 10.3. The van der Waals surface area contributed by atoms with Crippen LogP contribution in [-0.4, -0.2) is 9.85 Å². The average Bonchev–Trinajstić information content (AvgIpc) is 2.75. The van der Waals surface area contributed by atoms with E-state index in [1.54, 1.807) is 0 Å². The van der Waals surface area contributed by atoms with Crippen LogP contribution in [0.1, 0.15) is 0 Å². The van der Waals surface area contributed by atoms with E-state index in [2.05, 4.69) is 5.18 Å². The van der Waals surface area contributed by atoms with E-state index in [0.29, 0.717) is 5.75 Å². The van der Waals surface area contributed by atoms with E-state index < -0.39 is 18.4 Å². The second-order valence-electron chi connectivity index (χ2n) is 5.58. The standard InChI is InChI=1S/C18H12N3O8P/c22-19-13-1-7-16(8-2-13)27-30(28-17-9-3-14(4-10-17)20(23)24)29-18-11-5-15(6-12-18)21(25)26/h1-12H. The number of rotatable bonds is 9. The molecule has 0 aromatic heterocycles. The van der Waals surface area contributed by atoms with E-state index in [0.717, 1.165) is 0 Å². The minimum Gasteiger partial charge on any atom is -0.409 e. The summed E-state index contributed by atoms with van der Waals surface area (Å²) in [6, 6.07) is 16.4. The Morgan fingerprint density at radius 3 is 1.27 bits per heavy atom. The van der Waals surface area contributed by atoms with Crippen LogP contribution >= 0.6 is 8.60 Å².